The smallest absolute Gasteiger partial charge is 0.334 e. The standard InChI is InChI=1S/C13H16O2/c1-8-11-6-9-4-2-3-5-10(9)7-12(11)13(14)15-8/h6-8,10-11H,2-5H2,1H3/t8-,10+,11-/m1/s1. The first-order valence-electron chi connectivity index (χ1n) is 5.89. The zero-order valence-electron chi connectivity index (χ0n) is 9.03. The Labute approximate surface area is 90.0 Å². The predicted molar refractivity (Wildman–Crippen MR) is 57.2 cm³/mol. The minimum atomic E-state index is -0.0895. The zero-order valence-corrected chi connectivity index (χ0v) is 9.03. The van der Waals surface area contributed by atoms with Gasteiger partial charge in [-0.25, -0.2) is 4.79 Å². The fourth-order valence-corrected chi connectivity index (χ4v) is 3.01. The van der Waals surface area contributed by atoms with E-state index in [4.69, 9.17) is 4.74 Å². The topological polar surface area (TPSA) is 26.3 Å². The van der Waals surface area contributed by atoms with Crippen molar-refractivity contribution in [1.29, 1.82) is 0 Å². The van der Waals surface area contributed by atoms with Crippen molar-refractivity contribution in [3.8, 4) is 0 Å². The molecule has 0 aromatic rings. The molecule has 2 fully saturated rings. The molecule has 15 heavy (non-hydrogen) atoms. The first-order valence-corrected chi connectivity index (χ1v) is 5.89. The summed E-state index contributed by atoms with van der Waals surface area (Å²) in [4.78, 5) is 11.6. The van der Waals surface area contributed by atoms with Crippen molar-refractivity contribution in [2.75, 3.05) is 0 Å². The van der Waals surface area contributed by atoms with Crippen molar-refractivity contribution in [3.05, 3.63) is 23.3 Å². The maximum absolute atomic E-state index is 11.6. The van der Waals surface area contributed by atoms with Gasteiger partial charge in [0.25, 0.3) is 0 Å². The fourth-order valence-electron chi connectivity index (χ4n) is 3.01. The van der Waals surface area contributed by atoms with Gasteiger partial charge in [-0.05, 0) is 32.1 Å². The highest BCUT2D eigenvalue weighted by atomic mass is 16.5. The van der Waals surface area contributed by atoms with Gasteiger partial charge in [0.05, 0.1) is 0 Å². The molecule has 3 rings (SSSR count). The Bertz CT molecular complexity index is 365. The van der Waals surface area contributed by atoms with Crippen LogP contribution in [0, 0.1) is 11.8 Å². The summed E-state index contributed by atoms with van der Waals surface area (Å²) in [6.45, 7) is 1.99. The predicted octanol–water partition coefficient (Wildman–Crippen LogP) is 2.60. The molecule has 0 unspecified atom stereocenters. The Morgan fingerprint density at radius 1 is 1.33 bits per heavy atom. The molecular formula is C13H16O2. The second-order valence-corrected chi connectivity index (χ2v) is 4.85. The largest absolute Gasteiger partial charge is 0.458 e. The van der Waals surface area contributed by atoms with E-state index < -0.39 is 0 Å². The van der Waals surface area contributed by atoms with Crippen LogP contribution in [-0.4, -0.2) is 12.1 Å². The number of carbonyl (C=O) groups excluding carboxylic acids is 1. The average molecular weight is 204 g/mol. The van der Waals surface area contributed by atoms with Gasteiger partial charge in [0.2, 0.25) is 0 Å². The van der Waals surface area contributed by atoms with Crippen LogP contribution in [0.2, 0.25) is 0 Å². The fraction of sp³-hybridized carbons (Fsp3) is 0.615. The molecule has 2 aliphatic carbocycles. The van der Waals surface area contributed by atoms with Gasteiger partial charge < -0.3 is 4.74 Å². The Morgan fingerprint density at radius 3 is 3.07 bits per heavy atom. The molecule has 2 nitrogen and oxygen atoms in total. The second kappa shape index (κ2) is 3.22. The summed E-state index contributed by atoms with van der Waals surface area (Å²) in [7, 11) is 0. The lowest BCUT2D eigenvalue weighted by Gasteiger charge is -2.28. The number of hydrogen-bond acceptors (Lipinski definition) is 2. The highest BCUT2D eigenvalue weighted by Gasteiger charge is 2.39. The maximum Gasteiger partial charge on any atom is 0.334 e. The molecule has 0 radical (unpaired) electrons. The number of rotatable bonds is 0. The molecule has 3 aliphatic rings. The van der Waals surface area contributed by atoms with E-state index in [1.54, 1.807) is 5.57 Å². The summed E-state index contributed by atoms with van der Waals surface area (Å²) in [6.07, 6.45) is 9.54. The van der Waals surface area contributed by atoms with Gasteiger partial charge in [-0.3, -0.25) is 0 Å². The van der Waals surface area contributed by atoms with Gasteiger partial charge >= 0.3 is 5.97 Å². The zero-order chi connectivity index (χ0) is 10.4. The van der Waals surface area contributed by atoms with Crippen LogP contribution in [0.3, 0.4) is 0 Å². The van der Waals surface area contributed by atoms with E-state index in [2.05, 4.69) is 12.2 Å². The lowest BCUT2D eigenvalue weighted by Crippen LogP contribution is -2.19. The van der Waals surface area contributed by atoms with Gasteiger partial charge in [-0.2, -0.15) is 0 Å². The van der Waals surface area contributed by atoms with Crippen molar-refractivity contribution < 1.29 is 9.53 Å². The minimum absolute atomic E-state index is 0.0409. The van der Waals surface area contributed by atoms with Crippen molar-refractivity contribution in [1.82, 2.24) is 0 Å². The van der Waals surface area contributed by atoms with E-state index in [1.165, 1.54) is 25.7 Å². The molecule has 1 heterocycles. The Balaban J connectivity index is 1.97. The number of ether oxygens (including phenoxy) is 1. The number of carbonyl (C=O) groups is 1. The van der Waals surface area contributed by atoms with Crippen LogP contribution < -0.4 is 0 Å². The first kappa shape index (κ1) is 9.20. The van der Waals surface area contributed by atoms with E-state index in [0.29, 0.717) is 5.92 Å². The van der Waals surface area contributed by atoms with E-state index in [-0.39, 0.29) is 18.0 Å². The van der Waals surface area contributed by atoms with E-state index >= 15 is 0 Å². The Morgan fingerprint density at radius 2 is 2.20 bits per heavy atom. The molecular weight excluding hydrogens is 188 g/mol. The van der Waals surface area contributed by atoms with Gasteiger partial charge in [0.15, 0.2) is 0 Å². The summed E-state index contributed by atoms with van der Waals surface area (Å²) in [5.74, 6) is 0.679. The molecule has 0 N–H and O–H groups in total. The number of hydrogen-bond donors (Lipinski definition) is 0. The first-order chi connectivity index (χ1) is 7.25. The van der Waals surface area contributed by atoms with Crippen LogP contribution in [0.15, 0.2) is 23.3 Å². The molecule has 0 amide bonds. The third kappa shape index (κ3) is 1.35. The van der Waals surface area contributed by atoms with Crippen molar-refractivity contribution in [3.63, 3.8) is 0 Å². The minimum Gasteiger partial charge on any atom is -0.458 e. The SMILES string of the molecule is C[C@H]1OC(=O)C2=C[C@@H]3CCCCC3=C[C@@H]21. The summed E-state index contributed by atoms with van der Waals surface area (Å²) in [5.41, 5.74) is 2.46. The molecule has 2 heteroatoms. The number of esters is 1. The highest BCUT2D eigenvalue weighted by Crippen LogP contribution is 2.41. The van der Waals surface area contributed by atoms with Gasteiger partial charge in [-0.1, -0.05) is 24.1 Å². The van der Waals surface area contributed by atoms with Crippen LogP contribution in [0.4, 0.5) is 0 Å². The summed E-state index contributed by atoms with van der Waals surface area (Å²) >= 11 is 0. The van der Waals surface area contributed by atoms with Crippen LogP contribution in [0.1, 0.15) is 32.6 Å². The van der Waals surface area contributed by atoms with Crippen molar-refractivity contribution >= 4 is 5.97 Å². The van der Waals surface area contributed by atoms with Gasteiger partial charge in [0.1, 0.15) is 6.10 Å². The lowest BCUT2D eigenvalue weighted by molar-refractivity contribution is -0.138. The summed E-state index contributed by atoms with van der Waals surface area (Å²) in [5, 5.41) is 0. The average Bonchev–Trinajstić information content (AvgIpc) is 2.52. The summed E-state index contributed by atoms with van der Waals surface area (Å²) in [6, 6.07) is 0. The monoisotopic (exact) mass is 204 g/mol. The molecule has 1 saturated carbocycles. The number of allylic oxidation sites excluding steroid dienone is 2. The number of cyclic esters (lactones) is 1. The van der Waals surface area contributed by atoms with Gasteiger partial charge in [0, 0.05) is 11.5 Å². The third-order valence-electron chi connectivity index (χ3n) is 3.87. The Kier molecular flexibility index (Phi) is 1.98. The Hall–Kier alpha value is -1.05. The molecule has 80 valence electrons. The molecule has 0 aromatic heterocycles. The summed E-state index contributed by atoms with van der Waals surface area (Å²) < 4.78 is 5.26. The molecule has 0 aromatic carbocycles. The quantitative estimate of drug-likeness (QED) is 0.448. The lowest BCUT2D eigenvalue weighted by atomic mass is 9.75. The molecule has 1 saturated heterocycles. The van der Waals surface area contributed by atoms with Crippen LogP contribution in [0.25, 0.3) is 0 Å². The van der Waals surface area contributed by atoms with E-state index in [1.807, 2.05) is 6.92 Å². The maximum atomic E-state index is 11.6. The number of fused-ring (bicyclic) bond motifs is 2. The molecule has 1 aliphatic heterocycles. The highest BCUT2D eigenvalue weighted by molar-refractivity contribution is 5.92. The van der Waals surface area contributed by atoms with Crippen LogP contribution >= 0.6 is 0 Å². The van der Waals surface area contributed by atoms with Crippen LogP contribution in [-0.2, 0) is 9.53 Å². The van der Waals surface area contributed by atoms with E-state index in [0.717, 1.165) is 5.57 Å². The third-order valence-corrected chi connectivity index (χ3v) is 3.87. The second-order valence-electron chi connectivity index (χ2n) is 4.85. The molecule has 0 spiro atoms. The van der Waals surface area contributed by atoms with Crippen LogP contribution in [0.5, 0.6) is 0 Å². The molecule has 3 atom stereocenters. The normalized spacial score (nSPS) is 38.7. The molecule has 0 bridgehead atoms. The van der Waals surface area contributed by atoms with Crippen molar-refractivity contribution in [2.24, 2.45) is 11.8 Å². The van der Waals surface area contributed by atoms with Crippen molar-refractivity contribution in [2.45, 2.75) is 38.7 Å². The van der Waals surface area contributed by atoms with Gasteiger partial charge in [-0.15, -0.1) is 0 Å². The van der Waals surface area contributed by atoms with E-state index in [9.17, 15) is 4.79 Å².